The van der Waals surface area contributed by atoms with Gasteiger partial charge in [0.1, 0.15) is 0 Å². The maximum Gasteiger partial charge on any atom is 0.234 e. The molecule has 1 saturated carbocycles. The zero-order chi connectivity index (χ0) is 17.6. The van der Waals surface area contributed by atoms with Crippen LogP contribution in [0.15, 0.2) is 30.3 Å². The van der Waals surface area contributed by atoms with Crippen LogP contribution in [0.25, 0.3) is 0 Å². The molecule has 1 aliphatic heterocycles. The van der Waals surface area contributed by atoms with Gasteiger partial charge in [0, 0.05) is 38.8 Å². The Kier molecular flexibility index (Phi) is 6.49. The van der Waals surface area contributed by atoms with Gasteiger partial charge in [0.05, 0.1) is 6.54 Å². The predicted octanol–water partition coefficient (Wildman–Crippen LogP) is 2.75. The molecule has 0 radical (unpaired) electrons. The molecule has 0 aromatic heterocycles. The maximum atomic E-state index is 12.4. The number of carbonyl (C=O) groups is 1. The summed E-state index contributed by atoms with van der Waals surface area (Å²) in [6.07, 6.45) is 3.69. The molecule has 138 valence electrons. The lowest BCUT2D eigenvalue weighted by Gasteiger charge is -2.36. The van der Waals surface area contributed by atoms with Crippen molar-refractivity contribution in [1.29, 1.82) is 0 Å². The Morgan fingerprint density at radius 2 is 1.72 bits per heavy atom. The summed E-state index contributed by atoms with van der Waals surface area (Å²) < 4.78 is 0. The Morgan fingerprint density at radius 1 is 1.04 bits per heavy atom. The van der Waals surface area contributed by atoms with E-state index in [4.69, 9.17) is 0 Å². The molecule has 1 saturated heterocycles. The lowest BCUT2D eigenvalue weighted by molar-refractivity contribution is -0.124. The third kappa shape index (κ3) is 5.29. The van der Waals surface area contributed by atoms with Gasteiger partial charge in [-0.25, -0.2) is 0 Å². The first-order chi connectivity index (χ1) is 12.1. The van der Waals surface area contributed by atoms with Crippen LogP contribution < -0.4 is 5.32 Å². The zero-order valence-corrected chi connectivity index (χ0v) is 15.8. The van der Waals surface area contributed by atoms with E-state index in [0.717, 1.165) is 45.1 Å². The molecule has 1 aliphatic carbocycles. The molecule has 0 unspecified atom stereocenters. The van der Waals surface area contributed by atoms with Gasteiger partial charge in [-0.15, -0.1) is 0 Å². The first kappa shape index (κ1) is 18.4. The number of rotatable bonds is 5. The molecule has 2 fully saturated rings. The highest BCUT2D eigenvalue weighted by Gasteiger charge is 2.28. The van der Waals surface area contributed by atoms with E-state index in [1.165, 1.54) is 18.4 Å². The molecule has 1 heterocycles. The minimum absolute atomic E-state index is 0.211. The van der Waals surface area contributed by atoms with Crippen LogP contribution in [0.2, 0.25) is 0 Å². The van der Waals surface area contributed by atoms with Crippen molar-refractivity contribution in [3.05, 3.63) is 35.9 Å². The third-order valence-corrected chi connectivity index (χ3v) is 6.13. The first-order valence-electron chi connectivity index (χ1n) is 9.90. The number of nitrogens with zero attached hydrogens (tertiary/aromatic N) is 2. The third-order valence-electron chi connectivity index (χ3n) is 6.13. The standard InChI is InChI=1S/C21H33N3O/c1-17-7-6-10-20(18(17)2)22-21(25)16-24-13-11-23(12-14-24)15-19-8-4-3-5-9-19/h3-5,8-9,17-18,20H,6-7,10-16H2,1-2H3,(H,22,25)/t17-,18+,20-/m0/s1. The maximum absolute atomic E-state index is 12.4. The largest absolute Gasteiger partial charge is 0.352 e. The molecule has 1 N–H and O–H groups in total. The highest BCUT2D eigenvalue weighted by atomic mass is 16.2. The number of amides is 1. The lowest BCUT2D eigenvalue weighted by Crippen LogP contribution is -2.51. The molecule has 3 atom stereocenters. The molecule has 2 aliphatic rings. The fourth-order valence-corrected chi connectivity index (χ4v) is 4.19. The highest BCUT2D eigenvalue weighted by Crippen LogP contribution is 2.29. The SMILES string of the molecule is C[C@H]1[C@@H](NC(=O)CN2CCN(Cc3ccccc3)CC2)CCC[C@@H]1C. The normalized spacial score (nSPS) is 28.6. The van der Waals surface area contributed by atoms with Crippen molar-refractivity contribution in [3.8, 4) is 0 Å². The van der Waals surface area contributed by atoms with Gasteiger partial charge in [0.15, 0.2) is 0 Å². The Morgan fingerprint density at radius 3 is 2.44 bits per heavy atom. The van der Waals surface area contributed by atoms with Crippen LogP contribution >= 0.6 is 0 Å². The second-order valence-corrected chi connectivity index (χ2v) is 7.98. The van der Waals surface area contributed by atoms with E-state index in [0.29, 0.717) is 18.5 Å². The van der Waals surface area contributed by atoms with Crippen molar-refractivity contribution in [1.82, 2.24) is 15.1 Å². The first-order valence-corrected chi connectivity index (χ1v) is 9.90. The van der Waals surface area contributed by atoms with E-state index in [1.54, 1.807) is 0 Å². The minimum Gasteiger partial charge on any atom is -0.352 e. The Hall–Kier alpha value is -1.39. The van der Waals surface area contributed by atoms with Gasteiger partial charge in [-0.1, -0.05) is 57.0 Å². The number of hydrogen-bond donors (Lipinski definition) is 1. The number of piperazine rings is 1. The Labute approximate surface area is 152 Å². The zero-order valence-electron chi connectivity index (χ0n) is 15.8. The predicted molar refractivity (Wildman–Crippen MR) is 102 cm³/mol. The fraction of sp³-hybridized carbons (Fsp3) is 0.667. The van der Waals surface area contributed by atoms with E-state index < -0.39 is 0 Å². The summed E-state index contributed by atoms with van der Waals surface area (Å²) in [6, 6.07) is 11.0. The summed E-state index contributed by atoms with van der Waals surface area (Å²) in [6.45, 7) is 10.2. The van der Waals surface area contributed by atoms with Crippen molar-refractivity contribution >= 4 is 5.91 Å². The van der Waals surface area contributed by atoms with Crippen molar-refractivity contribution in [2.24, 2.45) is 11.8 Å². The van der Waals surface area contributed by atoms with Crippen LogP contribution in [0.1, 0.15) is 38.7 Å². The van der Waals surface area contributed by atoms with Crippen molar-refractivity contribution in [2.75, 3.05) is 32.7 Å². The molecule has 3 rings (SSSR count). The van der Waals surface area contributed by atoms with Crippen LogP contribution in [0.5, 0.6) is 0 Å². The van der Waals surface area contributed by atoms with Gasteiger partial charge < -0.3 is 5.32 Å². The topological polar surface area (TPSA) is 35.6 Å². The number of benzene rings is 1. The van der Waals surface area contributed by atoms with Crippen LogP contribution in [-0.4, -0.2) is 54.5 Å². The molecule has 4 heteroatoms. The molecule has 1 amide bonds. The van der Waals surface area contributed by atoms with E-state index in [2.05, 4.69) is 59.3 Å². The monoisotopic (exact) mass is 343 g/mol. The Bertz CT molecular complexity index is 539. The fourth-order valence-electron chi connectivity index (χ4n) is 4.19. The smallest absolute Gasteiger partial charge is 0.234 e. The molecule has 0 bridgehead atoms. The average molecular weight is 344 g/mol. The molecular formula is C21H33N3O. The van der Waals surface area contributed by atoms with E-state index in [9.17, 15) is 4.79 Å². The summed E-state index contributed by atoms with van der Waals surface area (Å²) in [5.41, 5.74) is 1.37. The summed E-state index contributed by atoms with van der Waals surface area (Å²) in [4.78, 5) is 17.2. The Balaban J connectivity index is 1.39. The molecule has 0 spiro atoms. The van der Waals surface area contributed by atoms with E-state index >= 15 is 0 Å². The molecule has 1 aromatic carbocycles. The van der Waals surface area contributed by atoms with Crippen LogP contribution in [-0.2, 0) is 11.3 Å². The van der Waals surface area contributed by atoms with Gasteiger partial charge in [0.2, 0.25) is 5.91 Å². The van der Waals surface area contributed by atoms with Gasteiger partial charge in [0.25, 0.3) is 0 Å². The van der Waals surface area contributed by atoms with E-state index in [-0.39, 0.29) is 5.91 Å². The summed E-state index contributed by atoms with van der Waals surface area (Å²) in [7, 11) is 0. The summed E-state index contributed by atoms with van der Waals surface area (Å²) >= 11 is 0. The molecule has 25 heavy (non-hydrogen) atoms. The van der Waals surface area contributed by atoms with E-state index in [1.807, 2.05) is 0 Å². The second kappa shape index (κ2) is 8.81. The van der Waals surface area contributed by atoms with Gasteiger partial charge in [-0.2, -0.15) is 0 Å². The molecule has 4 nitrogen and oxygen atoms in total. The van der Waals surface area contributed by atoms with Gasteiger partial charge in [-0.05, 0) is 23.8 Å². The summed E-state index contributed by atoms with van der Waals surface area (Å²) in [5, 5.41) is 3.30. The molecule has 1 aromatic rings. The average Bonchev–Trinajstić information content (AvgIpc) is 2.62. The second-order valence-electron chi connectivity index (χ2n) is 7.98. The van der Waals surface area contributed by atoms with Crippen molar-refractivity contribution < 1.29 is 4.79 Å². The highest BCUT2D eigenvalue weighted by molar-refractivity contribution is 5.78. The summed E-state index contributed by atoms with van der Waals surface area (Å²) in [5.74, 6) is 1.53. The number of carbonyl (C=O) groups excluding carboxylic acids is 1. The number of hydrogen-bond acceptors (Lipinski definition) is 3. The van der Waals surface area contributed by atoms with Gasteiger partial charge in [-0.3, -0.25) is 14.6 Å². The van der Waals surface area contributed by atoms with Crippen LogP contribution in [0.3, 0.4) is 0 Å². The van der Waals surface area contributed by atoms with Crippen molar-refractivity contribution in [2.45, 2.75) is 45.7 Å². The van der Waals surface area contributed by atoms with Crippen molar-refractivity contribution in [3.63, 3.8) is 0 Å². The lowest BCUT2D eigenvalue weighted by atomic mass is 9.78. The quantitative estimate of drug-likeness (QED) is 0.893. The number of nitrogens with one attached hydrogen (secondary N) is 1. The molecular weight excluding hydrogens is 310 g/mol. The van der Waals surface area contributed by atoms with Gasteiger partial charge >= 0.3 is 0 Å². The van der Waals surface area contributed by atoms with Crippen LogP contribution in [0, 0.1) is 11.8 Å². The van der Waals surface area contributed by atoms with Crippen LogP contribution in [0.4, 0.5) is 0 Å². The minimum atomic E-state index is 0.211.